The number of methoxy groups -OCH3 is 1. The summed E-state index contributed by atoms with van der Waals surface area (Å²) in [5, 5.41) is 9.02. The number of alkyl halides is 3. The summed E-state index contributed by atoms with van der Waals surface area (Å²) in [5.41, 5.74) is -0.310. The molecule has 1 aromatic carbocycles. The van der Waals surface area contributed by atoms with Gasteiger partial charge in [0.05, 0.1) is 19.1 Å². The Bertz CT molecular complexity index is 553. The maximum atomic E-state index is 12.8. The number of benzene rings is 1. The number of carboxylic acid groups (broad SMARTS) is 1. The Kier molecular flexibility index (Phi) is 4.51. The Balaban J connectivity index is 2.48. The SMILES string of the molecule is COc1cc(C(F)(F)F)cc(Br)c1C(CC(=O)O)C1CC1. The number of rotatable bonds is 5. The third kappa shape index (κ3) is 3.70. The summed E-state index contributed by atoms with van der Waals surface area (Å²) in [6, 6.07) is 1.91. The third-order valence-corrected chi connectivity index (χ3v) is 4.25. The van der Waals surface area contributed by atoms with E-state index in [9.17, 15) is 18.0 Å². The van der Waals surface area contributed by atoms with E-state index in [0.29, 0.717) is 5.56 Å². The molecule has 1 unspecified atom stereocenters. The minimum Gasteiger partial charge on any atom is -0.496 e. The maximum absolute atomic E-state index is 12.8. The van der Waals surface area contributed by atoms with E-state index in [1.807, 2.05) is 0 Å². The van der Waals surface area contributed by atoms with Crippen LogP contribution in [0.2, 0.25) is 0 Å². The second-order valence-electron chi connectivity index (χ2n) is 5.11. The van der Waals surface area contributed by atoms with E-state index in [1.54, 1.807) is 0 Å². The molecule has 1 aromatic rings. The van der Waals surface area contributed by atoms with Crippen LogP contribution in [0.1, 0.15) is 36.3 Å². The first kappa shape index (κ1) is 16.1. The number of ether oxygens (including phenoxy) is 1. The number of carboxylic acids is 1. The average Bonchev–Trinajstić information content (AvgIpc) is 3.18. The Labute approximate surface area is 128 Å². The molecule has 1 fully saturated rings. The highest BCUT2D eigenvalue weighted by molar-refractivity contribution is 9.10. The molecule has 0 aliphatic heterocycles. The largest absolute Gasteiger partial charge is 0.496 e. The summed E-state index contributed by atoms with van der Waals surface area (Å²) in [7, 11) is 1.29. The molecule has 7 heteroatoms. The number of carbonyl (C=O) groups is 1. The minimum absolute atomic E-state index is 0.0786. The fraction of sp³-hybridized carbons (Fsp3) is 0.500. The zero-order chi connectivity index (χ0) is 15.8. The maximum Gasteiger partial charge on any atom is 0.416 e. The lowest BCUT2D eigenvalue weighted by Gasteiger charge is -2.21. The standard InChI is InChI=1S/C14H14BrF3O3/c1-21-11-5-8(14(16,17)18)4-10(15)13(11)9(6-12(19)20)7-2-3-7/h4-5,7,9H,2-3,6H2,1H3,(H,19,20). The van der Waals surface area contributed by atoms with Crippen LogP contribution in [-0.2, 0) is 11.0 Å². The predicted molar refractivity (Wildman–Crippen MR) is 73.4 cm³/mol. The van der Waals surface area contributed by atoms with E-state index in [0.717, 1.165) is 25.0 Å². The quantitative estimate of drug-likeness (QED) is 0.837. The molecule has 1 aliphatic carbocycles. The summed E-state index contributed by atoms with van der Waals surface area (Å²) in [5.74, 6) is -1.05. The molecular formula is C14H14BrF3O3. The van der Waals surface area contributed by atoms with Gasteiger partial charge in [-0.05, 0) is 30.9 Å². The van der Waals surface area contributed by atoms with Crippen molar-refractivity contribution in [3.05, 3.63) is 27.7 Å². The highest BCUT2D eigenvalue weighted by atomic mass is 79.9. The van der Waals surface area contributed by atoms with E-state index >= 15 is 0 Å². The molecule has 1 aliphatic rings. The molecule has 116 valence electrons. The first-order valence-corrected chi connectivity index (χ1v) is 7.19. The highest BCUT2D eigenvalue weighted by Crippen LogP contribution is 2.50. The van der Waals surface area contributed by atoms with Crippen LogP contribution in [-0.4, -0.2) is 18.2 Å². The van der Waals surface area contributed by atoms with Crippen molar-refractivity contribution in [3.63, 3.8) is 0 Å². The summed E-state index contributed by atoms with van der Waals surface area (Å²) < 4.78 is 43.8. The van der Waals surface area contributed by atoms with Crippen LogP contribution in [0.5, 0.6) is 5.75 Å². The summed E-state index contributed by atoms with van der Waals surface area (Å²) in [6.07, 6.45) is -2.83. The third-order valence-electron chi connectivity index (χ3n) is 3.60. The van der Waals surface area contributed by atoms with Gasteiger partial charge in [-0.15, -0.1) is 0 Å². The first-order valence-electron chi connectivity index (χ1n) is 6.40. The summed E-state index contributed by atoms with van der Waals surface area (Å²) in [6.45, 7) is 0. The molecule has 1 N–H and O–H groups in total. The zero-order valence-electron chi connectivity index (χ0n) is 11.2. The van der Waals surface area contributed by atoms with Crippen molar-refractivity contribution in [2.75, 3.05) is 7.11 Å². The monoisotopic (exact) mass is 366 g/mol. The predicted octanol–water partition coefficient (Wildman–Crippen LogP) is 4.44. The van der Waals surface area contributed by atoms with Crippen molar-refractivity contribution >= 4 is 21.9 Å². The number of hydrogen-bond donors (Lipinski definition) is 1. The zero-order valence-corrected chi connectivity index (χ0v) is 12.8. The normalized spacial score (nSPS) is 16.6. The van der Waals surface area contributed by atoms with Gasteiger partial charge >= 0.3 is 12.1 Å². The molecule has 1 saturated carbocycles. The van der Waals surface area contributed by atoms with Crippen molar-refractivity contribution in [2.24, 2.45) is 5.92 Å². The molecule has 0 spiro atoms. The molecule has 0 radical (unpaired) electrons. The Hall–Kier alpha value is -1.24. The molecule has 2 rings (SSSR count). The van der Waals surface area contributed by atoms with E-state index in [1.165, 1.54) is 7.11 Å². The molecule has 0 bridgehead atoms. The molecular weight excluding hydrogens is 353 g/mol. The minimum atomic E-state index is -4.48. The van der Waals surface area contributed by atoms with E-state index in [4.69, 9.17) is 9.84 Å². The van der Waals surface area contributed by atoms with Crippen LogP contribution in [0.3, 0.4) is 0 Å². The van der Waals surface area contributed by atoms with Crippen LogP contribution < -0.4 is 4.74 Å². The Morgan fingerprint density at radius 1 is 1.48 bits per heavy atom. The first-order chi connectivity index (χ1) is 9.74. The second kappa shape index (κ2) is 5.87. The average molecular weight is 367 g/mol. The van der Waals surface area contributed by atoms with E-state index < -0.39 is 17.7 Å². The van der Waals surface area contributed by atoms with E-state index in [-0.39, 0.29) is 28.5 Å². The van der Waals surface area contributed by atoms with Gasteiger partial charge in [0.15, 0.2) is 0 Å². The summed E-state index contributed by atoms with van der Waals surface area (Å²) >= 11 is 3.14. The molecule has 0 saturated heterocycles. The summed E-state index contributed by atoms with van der Waals surface area (Å²) in [4.78, 5) is 11.0. The molecule has 0 heterocycles. The number of hydrogen-bond acceptors (Lipinski definition) is 2. The van der Waals surface area contributed by atoms with Crippen molar-refractivity contribution in [2.45, 2.75) is 31.4 Å². The molecule has 1 atom stereocenters. The van der Waals surface area contributed by atoms with Gasteiger partial charge in [-0.3, -0.25) is 4.79 Å². The fourth-order valence-electron chi connectivity index (χ4n) is 2.48. The van der Waals surface area contributed by atoms with Gasteiger partial charge < -0.3 is 9.84 Å². The lowest BCUT2D eigenvalue weighted by atomic mass is 9.89. The van der Waals surface area contributed by atoms with Gasteiger partial charge in [0.2, 0.25) is 0 Å². The molecule has 0 aromatic heterocycles. The van der Waals surface area contributed by atoms with Gasteiger partial charge in [0.25, 0.3) is 0 Å². The van der Waals surface area contributed by atoms with Gasteiger partial charge in [0.1, 0.15) is 5.75 Å². The van der Waals surface area contributed by atoms with Crippen LogP contribution >= 0.6 is 15.9 Å². The van der Waals surface area contributed by atoms with Gasteiger partial charge in [-0.1, -0.05) is 15.9 Å². The van der Waals surface area contributed by atoms with Crippen LogP contribution in [0.25, 0.3) is 0 Å². The van der Waals surface area contributed by atoms with Gasteiger partial charge in [0, 0.05) is 16.0 Å². The molecule has 3 nitrogen and oxygen atoms in total. The number of aliphatic carboxylic acids is 1. The number of halogens is 4. The van der Waals surface area contributed by atoms with Crippen molar-refractivity contribution in [1.29, 1.82) is 0 Å². The Morgan fingerprint density at radius 3 is 2.52 bits per heavy atom. The van der Waals surface area contributed by atoms with Crippen molar-refractivity contribution in [1.82, 2.24) is 0 Å². The van der Waals surface area contributed by atoms with Gasteiger partial charge in [-0.2, -0.15) is 13.2 Å². The van der Waals surface area contributed by atoms with E-state index in [2.05, 4.69) is 15.9 Å². The van der Waals surface area contributed by atoms with Crippen LogP contribution in [0.15, 0.2) is 16.6 Å². The molecule has 0 amide bonds. The lowest BCUT2D eigenvalue weighted by molar-refractivity contribution is -0.138. The fourth-order valence-corrected chi connectivity index (χ4v) is 3.21. The van der Waals surface area contributed by atoms with Crippen molar-refractivity contribution in [3.8, 4) is 5.75 Å². The van der Waals surface area contributed by atoms with Crippen LogP contribution in [0, 0.1) is 5.92 Å². The van der Waals surface area contributed by atoms with Gasteiger partial charge in [-0.25, -0.2) is 0 Å². The smallest absolute Gasteiger partial charge is 0.416 e. The topological polar surface area (TPSA) is 46.5 Å². The highest BCUT2D eigenvalue weighted by Gasteiger charge is 2.38. The lowest BCUT2D eigenvalue weighted by Crippen LogP contribution is -2.12. The second-order valence-corrected chi connectivity index (χ2v) is 5.97. The Morgan fingerprint density at radius 2 is 2.10 bits per heavy atom. The van der Waals surface area contributed by atoms with Crippen LogP contribution in [0.4, 0.5) is 13.2 Å². The molecule has 21 heavy (non-hydrogen) atoms. The van der Waals surface area contributed by atoms with Crippen molar-refractivity contribution < 1.29 is 27.8 Å².